The van der Waals surface area contributed by atoms with Crippen molar-refractivity contribution >= 4 is 23.2 Å². The Morgan fingerprint density at radius 2 is 1.50 bits per heavy atom. The molecule has 1 aliphatic heterocycles. The fourth-order valence-corrected chi connectivity index (χ4v) is 3.19. The fraction of sp³-hybridized carbons (Fsp3) is 0.300. The molecule has 0 bridgehead atoms. The largest absolute Gasteiger partial charge is 0.373 e. The van der Waals surface area contributed by atoms with E-state index < -0.39 is 6.04 Å². The molecule has 0 aliphatic carbocycles. The van der Waals surface area contributed by atoms with E-state index in [2.05, 4.69) is 5.32 Å². The highest BCUT2D eigenvalue weighted by atomic mass is 16.2. The van der Waals surface area contributed by atoms with Crippen molar-refractivity contribution in [2.45, 2.75) is 40.2 Å². The molecule has 1 atom stereocenters. The van der Waals surface area contributed by atoms with Crippen molar-refractivity contribution in [2.24, 2.45) is 0 Å². The molecule has 2 aromatic rings. The zero-order chi connectivity index (χ0) is 17.4. The average Bonchev–Trinajstić information content (AvgIpc) is 2.80. The van der Waals surface area contributed by atoms with Crippen molar-refractivity contribution in [3.05, 3.63) is 58.7 Å². The van der Waals surface area contributed by atoms with Gasteiger partial charge < -0.3 is 5.32 Å². The third-order valence-electron chi connectivity index (χ3n) is 4.76. The van der Waals surface area contributed by atoms with E-state index in [-0.39, 0.29) is 18.2 Å². The Morgan fingerprint density at radius 3 is 2.17 bits per heavy atom. The maximum absolute atomic E-state index is 12.8. The lowest BCUT2D eigenvalue weighted by Crippen LogP contribution is -2.35. The Morgan fingerprint density at radius 1 is 0.917 bits per heavy atom. The van der Waals surface area contributed by atoms with Gasteiger partial charge in [-0.1, -0.05) is 30.3 Å². The third kappa shape index (κ3) is 2.68. The third-order valence-corrected chi connectivity index (χ3v) is 4.76. The Labute approximate surface area is 142 Å². The van der Waals surface area contributed by atoms with Crippen LogP contribution in [0.3, 0.4) is 0 Å². The quantitative estimate of drug-likeness (QED) is 0.877. The highest BCUT2D eigenvalue weighted by Gasteiger charge is 2.40. The monoisotopic (exact) mass is 322 g/mol. The van der Waals surface area contributed by atoms with Crippen LogP contribution in [0.2, 0.25) is 0 Å². The first kappa shape index (κ1) is 16.2. The Balaban J connectivity index is 1.91. The molecule has 1 N–H and O–H groups in total. The zero-order valence-corrected chi connectivity index (χ0v) is 14.5. The number of carbonyl (C=O) groups is 2. The van der Waals surface area contributed by atoms with E-state index in [1.54, 1.807) is 0 Å². The average molecular weight is 322 g/mol. The summed E-state index contributed by atoms with van der Waals surface area (Å²) in [4.78, 5) is 26.7. The minimum Gasteiger partial charge on any atom is -0.373 e. The summed E-state index contributed by atoms with van der Waals surface area (Å²) in [6, 6.07) is 11.2. The molecular formula is C20H22N2O2. The number of imide groups is 1. The predicted octanol–water partition coefficient (Wildman–Crippen LogP) is 3.66. The van der Waals surface area contributed by atoms with Crippen LogP contribution in [-0.4, -0.2) is 17.9 Å². The number of nitrogens with one attached hydrogen (secondary N) is 1. The molecule has 1 aliphatic rings. The lowest BCUT2D eigenvalue weighted by Gasteiger charge is -2.20. The van der Waals surface area contributed by atoms with Gasteiger partial charge in [0.05, 0.1) is 12.1 Å². The van der Waals surface area contributed by atoms with Crippen molar-refractivity contribution in [3.8, 4) is 0 Å². The van der Waals surface area contributed by atoms with Crippen molar-refractivity contribution in [2.75, 3.05) is 10.2 Å². The second-order valence-corrected chi connectivity index (χ2v) is 6.45. The molecule has 4 nitrogen and oxygen atoms in total. The summed E-state index contributed by atoms with van der Waals surface area (Å²) >= 11 is 0. The van der Waals surface area contributed by atoms with Crippen LogP contribution in [0.25, 0.3) is 0 Å². The molecule has 0 saturated carbocycles. The van der Waals surface area contributed by atoms with Crippen LogP contribution in [0.4, 0.5) is 11.4 Å². The smallest absolute Gasteiger partial charge is 0.256 e. The molecule has 2 amide bonds. The van der Waals surface area contributed by atoms with Gasteiger partial charge in [0.2, 0.25) is 5.91 Å². The van der Waals surface area contributed by atoms with Gasteiger partial charge in [-0.05, 0) is 56.0 Å². The highest BCUT2D eigenvalue weighted by molar-refractivity contribution is 6.23. The fourth-order valence-electron chi connectivity index (χ4n) is 3.19. The SMILES string of the molecule is Cc1cccc(N2C(=O)CC(Nc3c(C)cccc3C)C2=O)c1C. The first-order valence-corrected chi connectivity index (χ1v) is 8.16. The molecule has 4 heteroatoms. The first-order chi connectivity index (χ1) is 11.4. The molecule has 1 saturated heterocycles. The van der Waals surface area contributed by atoms with E-state index in [9.17, 15) is 9.59 Å². The molecule has 0 radical (unpaired) electrons. The molecule has 0 spiro atoms. The van der Waals surface area contributed by atoms with E-state index in [1.807, 2.05) is 64.1 Å². The number of para-hydroxylation sites is 1. The summed E-state index contributed by atoms with van der Waals surface area (Å²) in [6.45, 7) is 7.92. The molecule has 124 valence electrons. The first-order valence-electron chi connectivity index (χ1n) is 8.16. The highest BCUT2D eigenvalue weighted by Crippen LogP contribution is 2.30. The Bertz CT molecular complexity index is 806. The van der Waals surface area contributed by atoms with Crippen LogP contribution in [0, 0.1) is 27.7 Å². The van der Waals surface area contributed by atoms with Crippen LogP contribution in [0.5, 0.6) is 0 Å². The van der Waals surface area contributed by atoms with Gasteiger partial charge in [0, 0.05) is 5.69 Å². The maximum Gasteiger partial charge on any atom is 0.256 e. The van der Waals surface area contributed by atoms with Gasteiger partial charge >= 0.3 is 0 Å². The minimum atomic E-state index is -0.516. The van der Waals surface area contributed by atoms with Gasteiger partial charge in [-0.25, -0.2) is 4.90 Å². The second kappa shape index (κ2) is 6.11. The standard InChI is InChI=1S/C20H22N2O2/c1-12-7-6-10-17(15(12)4)22-18(23)11-16(20(22)24)21-19-13(2)8-5-9-14(19)3/h5-10,16,21H,11H2,1-4H3. The minimum absolute atomic E-state index is 0.155. The number of anilines is 2. The molecule has 2 aromatic carbocycles. The summed E-state index contributed by atoms with van der Waals surface area (Å²) < 4.78 is 0. The van der Waals surface area contributed by atoms with Crippen LogP contribution >= 0.6 is 0 Å². The zero-order valence-electron chi connectivity index (χ0n) is 14.5. The summed E-state index contributed by atoms with van der Waals surface area (Å²) in [6.07, 6.45) is 0.181. The topological polar surface area (TPSA) is 49.4 Å². The summed E-state index contributed by atoms with van der Waals surface area (Å²) in [5.41, 5.74) is 5.80. The summed E-state index contributed by atoms with van der Waals surface area (Å²) in [5.74, 6) is -0.339. The number of rotatable bonds is 3. The summed E-state index contributed by atoms with van der Waals surface area (Å²) in [5, 5.41) is 3.28. The van der Waals surface area contributed by atoms with Gasteiger partial charge in [0.25, 0.3) is 5.91 Å². The molecule has 1 heterocycles. The summed E-state index contributed by atoms with van der Waals surface area (Å²) in [7, 11) is 0. The molecular weight excluding hydrogens is 300 g/mol. The van der Waals surface area contributed by atoms with E-state index in [1.165, 1.54) is 4.90 Å². The maximum atomic E-state index is 12.8. The molecule has 0 aromatic heterocycles. The van der Waals surface area contributed by atoms with Crippen LogP contribution in [-0.2, 0) is 9.59 Å². The van der Waals surface area contributed by atoms with Gasteiger partial charge in [-0.3, -0.25) is 9.59 Å². The van der Waals surface area contributed by atoms with Gasteiger partial charge in [-0.2, -0.15) is 0 Å². The second-order valence-electron chi connectivity index (χ2n) is 6.45. The number of aryl methyl sites for hydroxylation is 3. The molecule has 24 heavy (non-hydrogen) atoms. The Kier molecular flexibility index (Phi) is 4.14. The van der Waals surface area contributed by atoms with E-state index >= 15 is 0 Å². The lowest BCUT2D eigenvalue weighted by atomic mass is 10.1. The van der Waals surface area contributed by atoms with Crippen molar-refractivity contribution in [1.29, 1.82) is 0 Å². The van der Waals surface area contributed by atoms with Crippen molar-refractivity contribution < 1.29 is 9.59 Å². The van der Waals surface area contributed by atoms with Gasteiger partial charge in [0.1, 0.15) is 6.04 Å². The number of amides is 2. The number of benzene rings is 2. The predicted molar refractivity (Wildman–Crippen MR) is 96.4 cm³/mol. The molecule has 3 rings (SSSR count). The van der Waals surface area contributed by atoms with Crippen LogP contribution in [0.1, 0.15) is 28.7 Å². The van der Waals surface area contributed by atoms with Gasteiger partial charge in [0.15, 0.2) is 0 Å². The molecule has 1 unspecified atom stereocenters. The van der Waals surface area contributed by atoms with E-state index in [0.29, 0.717) is 5.69 Å². The molecule has 1 fully saturated rings. The van der Waals surface area contributed by atoms with E-state index in [0.717, 1.165) is 27.9 Å². The number of carbonyl (C=O) groups excluding carboxylic acids is 2. The number of nitrogens with zero attached hydrogens (tertiary/aromatic N) is 1. The van der Waals surface area contributed by atoms with Crippen LogP contribution in [0.15, 0.2) is 36.4 Å². The van der Waals surface area contributed by atoms with E-state index in [4.69, 9.17) is 0 Å². The van der Waals surface area contributed by atoms with Gasteiger partial charge in [-0.15, -0.1) is 0 Å². The number of hydrogen-bond acceptors (Lipinski definition) is 3. The van der Waals surface area contributed by atoms with Crippen molar-refractivity contribution in [1.82, 2.24) is 0 Å². The van der Waals surface area contributed by atoms with Crippen molar-refractivity contribution in [3.63, 3.8) is 0 Å². The van der Waals surface area contributed by atoms with Crippen LogP contribution < -0.4 is 10.2 Å². The Hall–Kier alpha value is -2.62. The number of hydrogen-bond donors (Lipinski definition) is 1. The lowest BCUT2D eigenvalue weighted by molar-refractivity contribution is -0.121. The normalized spacial score (nSPS) is 17.5.